The number of anilines is 1. The number of rotatable bonds is 6. The maximum Gasteiger partial charge on any atom is 0.341 e. The average molecular weight is 304 g/mol. The SMILES string of the molecule is CCCN(c1ccc(S(=O)(=O)C(F)F)cc1)C1CNC1. The van der Waals surface area contributed by atoms with E-state index in [2.05, 4.69) is 17.1 Å². The van der Waals surface area contributed by atoms with Crippen molar-refractivity contribution in [1.82, 2.24) is 5.32 Å². The lowest BCUT2D eigenvalue weighted by molar-refractivity contribution is 0.234. The number of hydrogen-bond acceptors (Lipinski definition) is 4. The first-order valence-electron chi connectivity index (χ1n) is 6.56. The second-order valence-electron chi connectivity index (χ2n) is 4.81. The summed E-state index contributed by atoms with van der Waals surface area (Å²) in [7, 11) is -4.51. The molecule has 2 rings (SSSR count). The van der Waals surface area contributed by atoms with Crippen molar-refractivity contribution in [2.45, 2.75) is 30.0 Å². The Labute approximate surface area is 117 Å². The molecule has 1 aliphatic rings. The van der Waals surface area contributed by atoms with Crippen LogP contribution in [0.15, 0.2) is 29.2 Å². The van der Waals surface area contributed by atoms with Gasteiger partial charge in [-0.2, -0.15) is 8.78 Å². The summed E-state index contributed by atoms with van der Waals surface area (Å²) >= 11 is 0. The van der Waals surface area contributed by atoms with Crippen LogP contribution in [0.4, 0.5) is 14.5 Å². The highest BCUT2D eigenvalue weighted by Gasteiger charge is 2.28. The molecule has 0 amide bonds. The first-order chi connectivity index (χ1) is 9.46. The first kappa shape index (κ1) is 15.2. The zero-order valence-electron chi connectivity index (χ0n) is 11.2. The van der Waals surface area contributed by atoms with Crippen molar-refractivity contribution in [2.24, 2.45) is 0 Å². The molecule has 1 saturated heterocycles. The van der Waals surface area contributed by atoms with Gasteiger partial charge in [-0.3, -0.25) is 0 Å². The fourth-order valence-electron chi connectivity index (χ4n) is 2.19. The number of sulfone groups is 1. The summed E-state index contributed by atoms with van der Waals surface area (Å²) in [6.07, 6.45) is 0.966. The molecule has 0 atom stereocenters. The predicted octanol–water partition coefficient (Wildman–Crippen LogP) is 1.87. The maximum absolute atomic E-state index is 12.5. The van der Waals surface area contributed by atoms with Gasteiger partial charge in [-0.1, -0.05) is 6.92 Å². The van der Waals surface area contributed by atoms with Crippen LogP contribution in [0.5, 0.6) is 0 Å². The van der Waals surface area contributed by atoms with Gasteiger partial charge in [0, 0.05) is 25.3 Å². The number of halogens is 2. The summed E-state index contributed by atoms with van der Waals surface area (Å²) in [6.45, 7) is 4.69. The van der Waals surface area contributed by atoms with E-state index in [1.807, 2.05) is 0 Å². The standard InChI is InChI=1S/C13H18F2N2O2S/c1-2-7-17(11-8-16-9-11)10-3-5-12(6-4-10)20(18,19)13(14)15/h3-6,11,13,16H,2,7-9H2,1H3. The van der Waals surface area contributed by atoms with Crippen LogP contribution in [0.2, 0.25) is 0 Å². The molecule has 0 unspecified atom stereocenters. The van der Waals surface area contributed by atoms with Gasteiger partial charge < -0.3 is 10.2 Å². The molecule has 1 aromatic rings. The summed E-state index contributed by atoms with van der Waals surface area (Å²) in [4.78, 5) is 1.84. The number of nitrogens with zero attached hydrogens (tertiary/aromatic N) is 1. The Balaban J connectivity index is 2.22. The van der Waals surface area contributed by atoms with Crippen LogP contribution in [-0.4, -0.2) is 39.9 Å². The van der Waals surface area contributed by atoms with Crippen LogP contribution in [0.3, 0.4) is 0 Å². The molecule has 4 nitrogen and oxygen atoms in total. The molecule has 0 spiro atoms. The molecule has 112 valence electrons. The highest BCUT2D eigenvalue weighted by atomic mass is 32.2. The van der Waals surface area contributed by atoms with Crippen molar-refractivity contribution in [2.75, 3.05) is 24.5 Å². The van der Waals surface area contributed by atoms with Gasteiger partial charge in [0.2, 0.25) is 9.84 Å². The molecule has 1 aromatic carbocycles. The Kier molecular flexibility index (Phi) is 4.59. The quantitative estimate of drug-likeness (QED) is 0.872. The predicted molar refractivity (Wildman–Crippen MR) is 73.9 cm³/mol. The second-order valence-corrected chi connectivity index (χ2v) is 6.72. The topological polar surface area (TPSA) is 49.4 Å². The molecular formula is C13H18F2N2O2S. The van der Waals surface area contributed by atoms with Gasteiger partial charge in [0.25, 0.3) is 0 Å². The van der Waals surface area contributed by atoms with Crippen LogP contribution < -0.4 is 10.2 Å². The van der Waals surface area contributed by atoms with E-state index in [9.17, 15) is 17.2 Å². The van der Waals surface area contributed by atoms with E-state index in [-0.39, 0.29) is 4.90 Å². The molecule has 20 heavy (non-hydrogen) atoms. The Hall–Kier alpha value is -1.21. The average Bonchev–Trinajstić information content (AvgIpc) is 2.36. The van der Waals surface area contributed by atoms with Crippen molar-refractivity contribution in [3.8, 4) is 0 Å². The summed E-state index contributed by atoms with van der Waals surface area (Å²) in [5, 5.41) is 3.18. The number of alkyl halides is 2. The summed E-state index contributed by atoms with van der Waals surface area (Å²) < 4.78 is 47.7. The number of nitrogens with one attached hydrogen (secondary N) is 1. The summed E-state index contributed by atoms with van der Waals surface area (Å²) in [6, 6.07) is 6.09. The maximum atomic E-state index is 12.5. The van der Waals surface area contributed by atoms with Crippen LogP contribution >= 0.6 is 0 Å². The third kappa shape index (κ3) is 2.93. The fourth-order valence-corrected chi connectivity index (χ4v) is 2.91. The van der Waals surface area contributed by atoms with E-state index in [1.54, 1.807) is 12.1 Å². The number of benzene rings is 1. The van der Waals surface area contributed by atoms with Gasteiger partial charge in [0.15, 0.2) is 0 Å². The molecule has 1 fully saturated rings. The monoisotopic (exact) mass is 304 g/mol. The molecule has 1 heterocycles. The van der Waals surface area contributed by atoms with E-state index in [4.69, 9.17) is 0 Å². The minimum absolute atomic E-state index is 0.334. The van der Waals surface area contributed by atoms with Crippen LogP contribution in [0, 0.1) is 0 Å². The van der Waals surface area contributed by atoms with Gasteiger partial charge in [-0.25, -0.2) is 8.42 Å². The van der Waals surface area contributed by atoms with E-state index >= 15 is 0 Å². The van der Waals surface area contributed by atoms with Crippen molar-refractivity contribution >= 4 is 15.5 Å². The number of hydrogen-bond donors (Lipinski definition) is 1. The molecular weight excluding hydrogens is 286 g/mol. The molecule has 1 aliphatic heterocycles. The Morgan fingerprint density at radius 1 is 1.30 bits per heavy atom. The van der Waals surface area contributed by atoms with Gasteiger partial charge in [0.05, 0.1) is 10.9 Å². The minimum Gasteiger partial charge on any atom is -0.366 e. The zero-order valence-corrected chi connectivity index (χ0v) is 12.0. The molecule has 0 saturated carbocycles. The van der Waals surface area contributed by atoms with Crippen molar-refractivity contribution in [3.05, 3.63) is 24.3 Å². The Morgan fingerprint density at radius 3 is 2.30 bits per heavy atom. The van der Waals surface area contributed by atoms with Gasteiger partial charge >= 0.3 is 5.76 Å². The molecule has 7 heteroatoms. The van der Waals surface area contributed by atoms with Crippen LogP contribution in [0.25, 0.3) is 0 Å². The zero-order chi connectivity index (χ0) is 14.8. The van der Waals surface area contributed by atoms with Crippen LogP contribution in [-0.2, 0) is 9.84 Å². The van der Waals surface area contributed by atoms with Crippen molar-refractivity contribution < 1.29 is 17.2 Å². The van der Waals surface area contributed by atoms with Crippen molar-refractivity contribution in [1.29, 1.82) is 0 Å². The van der Waals surface area contributed by atoms with E-state index in [0.717, 1.165) is 31.7 Å². The second kappa shape index (κ2) is 6.05. The van der Waals surface area contributed by atoms with Crippen LogP contribution in [0.1, 0.15) is 13.3 Å². The lowest BCUT2D eigenvalue weighted by Crippen LogP contribution is -2.57. The smallest absolute Gasteiger partial charge is 0.341 e. The Morgan fingerprint density at radius 2 is 1.90 bits per heavy atom. The van der Waals surface area contributed by atoms with Gasteiger partial charge in [-0.15, -0.1) is 0 Å². The van der Waals surface area contributed by atoms with E-state index in [1.165, 1.54) is 12.1 Å². The molecule has 0 aliphatic carbocycles. The largest absolute Gasteiger partial charge is 0.366 e. The first-order valence-corrected chi connectivity index (χ1v) is 8.11. The molecule has 1 N–H and O–H groups in total. The van der Waals surface area contributed by atoms with Crippen molar-refractivity contribution in [3.63, 3.8) is 0 Å². The Bertz CT molecular complexity index is 542. The lowest BCUT2D eigenvalue weighted by atomic mass is 10.1. The highest BCUT2D eigenvalue weighted by Crippen LogP contribution is 2.24. The molecule has 0 bridgehead atoms. The van der Waals surface area contributed by atoms with Gasteiger partial charge in [-0.05, 0) is 30.7 Å². The van der Waals surface area contributed by atoms with E-state index in [0.29, 0.717) is 6.04 Å². The molecule has 0 radical (unpaired) electrons. The van der Waals surface area contributed by atoms with Gasteiger partial charge in [0.1, 0.15) is 0 Å². The lowest BCUT2D eigenvalue weighted by Gasteiger charge is -2.39. The normalized spacial score (nSPS) is 16.2. The summed E-state index contributed by atoms with van der Waals surface area (Å²) in [5.41, 5.74) is 0.867. The van der Waals surface area contributed by atoms with E-state index < -0.39 is 15.6 Å². The minimum atomic E-state index is -4.51. The molecule has 0 aromatic heterocycles. The third-order valence-electron chi connectivity index (χ3n) is 3.40. The fraction of sp³-hybridized carbons (Fsp3) is 0.538. The third-order valence-corrected chi connectivity index (χ3v) is 4.80. The highest BCUT2D eigenvalue weighted by molar-refractivity contribution is 7.91. The summed E-state index contributed by atoms with van der Waals surface area (Å²) in [5.74, 6) is -3.38.